The van der Waals surface area contributed by atoms with Crippen molar-refractivity contribution < 1.29 is 14.3 Å². The van der Waals surface area contributed by atoms with Gasteiger partial charge >= 0.3 is 5.97 Å². The fraction of sp³-hybridized carbons (Fsp3) is 0.467. The van der Waals surface area contributed by atoms with Crippen LogP contribution in [-0.2, 0) is 14.3 Å². The van der Waals surface area contributed by atoms with Crippen molar-refractivity contribution in [2.45, 2.75) is 25.7 Å². The lowest BCUT2D eigenvalue weighted by molar-refractivity contribution is -0.143. The van der Waals surface area contributed by atoms with Gasteiger partial charge in [0.05, 0.1) is 13.5 Å². The lowest BCUT2D eigenvalue weighted by atomic mass is 9.82. The highest BCUT2D eigenvalue weighted by atomic mass is 16.5. The number of carbonyl (C=O) groups is 2. The number of Topliss-reactive ketones (excluding diaryl/α,β-unsaturated/α-hetero) is 1. The van der Waals surface area contributed by atoms with E-state index < -0.39 is 0 Å². The number of hydrogen-bond acceptors (Lipinski definition) is 3. The third kappa shape index (κ3) is 2.45. The molecule has 18 heavy (non-hydrogen) atoms. The molecule has 3 nitrogen and oxygen atoms in total. The van der Waals surface area contributed by atoms with E-state index in [1.54, 1.807) is 0 Å². The van der Waals surface area contributed by atoms with Crippen LogP contribution in [0.1, 0.15) is 31.2 Å². The Balaban J connectivity index is 2.25. The van der Waals surface area contributed by atoms with E-state index in [-0.39, 0.29) is 35.9 Å². The Hall–Kier alpha value is -1.64. The molecular formula is C15H18O3. The standard InChI is InChI=1S/C15H18O3/c1-10-8-13(16)12(9-14(17)18-2)15(10)11-6-4-3-5-7-11/h3-7,10,12,15H,8-9H2,1-2H3/t10-,12-,15-/m0/s1. The van der Waals surface area contributed by atoms with Crippen molar-refractivity contribution in [3.8, 4) is 0 Å². The first kappa shape index (κ1) is 12.8. The summed E-state index contributed by atoms with van der Waals surface area (Å²) in [5, 5.41) is 0. The van der Waals surface area contributed by atoms with Gasteiger partial charge in [-0.3, -0.25) is 9.59 Å². The van der Waals surface area contributed by atoms with Gasteiger partial charge in [-0.1, -0.05) is 37.3 Å². The van der Waals surface area contributed by atoms with Crippen molar-refractivity contribution in [2.24, 2.45) is 11.8 Å². The Morgan fingerprint density at radius 3 is 2.61 bits per heavy atom. The van der Waals surface area contributed by atoms with Gasteiger partial charge in [0.25, 0.3) is 0 Å². The molecule has 1 aliphatic rings. The minimum absolute atomic E-state index is 0.137. The maximum Gasteiger partial charge on any atom is 0.306 e. The van der Waals surface area contributed by atoms with E-state index >= 15 is 0 Å². The number of rotatable bonds is 3. The molecule has 1 aromatic carbocycles. The van der Waals surface area contributed by atoms with Crippen molar-refractivity contribution in [1.82, 2.24) is 0 Å². The zero-order valence-corrected chi connectivity index (χ0v) is 10.8. The number of esters is 1. The molecule has 0 aliphatic heterocycles. The summed E-state index contributed by atoms with van der Waals surface area (Å²) >= 11 is 0. The molecule has 1 saturated carbocycles. The third-order valence-electron chi connectivity index (χ3n) is 3.78. The van der Waals surface area contributed by atoms with Crippen LogP contribution in [0, 0.1) is 11.8 Å². The molecule has 0 unspecified atom stereocenters. The van der Waals surface area contributed by atoms with Crippen LogP contribution in [0.2, 0.25) is 0 Å². The van der Waals surface area contributed by atoms with Gasteiger partial charge in [0.2, 0.25) is 0 Å². The molecule has 0 amide bonds. The number of benzene rings is 1. The SMILES string of the molecule is COC(=O)C[C@H]1C(=O)C[C@H](C)[C@H]1c1ccccc1. The van der Waals surface area contributed by atoms with Gasteiger partial charge in [-0.2, -0.15) is 0 Å². The summed E-state index contributed by atoms with van der Waals surface area (Å²) in [6.45, 7) is 2.08. The van der Waals surface area contributed by atoms with Gasteiger partial charge in [0.15, 0.2) is 0 Å². The summed E-state index contributed by atoms with van der Waals surface area (Å²) in [4.78, 5) is 23.4. The maximum atomic E-state index is 12.0. The molecule has 0 bridgehead atoms. The zero-order valence-electron chi connectivity index (χ0n) is 10.8. The van der Waals surface area contributed by atoms with E-state index in [1.807, 2.05) is 30.3 Å². The quantitative estimate of drug-likeness (QED) is 0.770. The van der Waals surface area contributed by atoms with Crippen LogP contribution < -0.4 is 0 Å². The maximum absolute atomic E-state index is 12.0. The van der Waals surface area contributed by atoms with Crippen LogP contribution in [0.15, 0.2) is 30.3 Å². The molecule has 1 fully saturated rings. The van der Waals surface area contributed by atoms with E-state index in [9.17, 15) is 9.59 Å². The highest BCUT2D eigenvalue weighted by Crippen LogP contribution is 2.43. The fourth-order valence-corrected chi connectivity index (χ4v) is 2.93. The Morgan fingerprint density at radius 2 is 2.00 bits per heavy atom. The van der Waals surface area contributed by atoms with Crippen molar-refractivity contribution in [3.63, 3.8) is 0 Å². The van der Waals surface area contributed by atoms with Crippen molar-refractivity contribution in [3.05, 3.63) is 35.9 Å². The summed E-state index contributed by atoms with van der Waals surface area (Å²) in [6.07, 6.45) is 0.750. The smallest absolute Gasteiger partial charge is 0.306 e. The molecular weight excluding hydrogens is 228 g/mol. The number of hydrogen-bond donors (Lipinski definition) is 0. The van der Waals surface area contributed by atoms with Crippen LogP contribution in [0.5, 0.6) is 0 Å². The highest BCUT2D eigenvalue weighted by Gasteiger charge is 2.41. The molecule has 2 rings (SSSR count). The van der Waals surface area contributed by atoms with Crippen molar-refractivity contribution >= 4 is 11.8 Å². The number of carbonyl (C=O) groups excluding carboxylic acids is 2. The zero-order chi connectivity index (χ0) is 13.1. The van der Waals surface area contributed by atoms with Gasteiger partial charge in [-0.05, 0) is 17.4 Å². The molecule has 0 aromatic heterocycles. The average Bonchev–Trinajstić information content (AvgIpc) is 2.65. The lowest BCUT2D eigenvalue weighted by Gasteiger charge is -2.21. The topological polar surface area (TPSA) is 43.4 Å². The summed E-state index contributed by atoms with van der Waals surface area (Å²) in [6, 6.07) is 9.97. The van der Waals surface area contributed by atoms with Crippen LogP contribution in [0.25, 0.3) is 0 Å². The molecule has 0 heterocycles. The van der Waals surface area contributed by atoms with Gasteiger partial charge in [-0.25, -0.2) is 0 Å². The van der Waals surface area contributed by atoms with Crippen LogP contribution in [-0.4, -0.2) is 18.9 Å². The van der Waals surface area contributed by atoms with Crippen molar-refractivity contribution in [1.29, 1.82) is 0 Å². The predicted octanol–water partition coefficient (Wildman–Crippen LogP) is 2.56. The molecule has 1 aliphatic carbocycles. The van der Waals surface area contributed by atoms with E-state index in [4.69, 9.17) is 0 Å². The average molecular weight is 246 g/mol. The fourth-order valence-electron chi connectivity index (χ4n) is 2.93. The Morgan fingerprint density at radius 1 is 1.33 bits per heavy atom. The Labute approximate surface area is 107 Å². The molecule has 1 aromatic rings. The van der Waals surface area contributed by atoms with E-state index in [0.717, 1.165) is 5.56 Å². The minimum Gasteiger partial charge on any atom is -0.469 e. The Kier molecular flexibility index (Phi) is 3.80. The Bertz CT molecular complexity index is 438. The summed E-state index contributed by atoms with van der Waals surface area (Å²) < 4.78 is 4.69. The molecule has 0 saturated heterocycles. The normalized spacial score (nSPS) is 27.2. The summed E-state index contributed by atoms with van der Waals surface area (Å²) in [5.74, 6) is 0.0762. The number of ether oxygens (including phenoxy) is 1. The monoisotopic (exact) mass is 246 g/mol. The molecule has 3 atom stereocenters. The van der Waals surface area contributed by atoms with Gasteiger partial charge < -0.3 is 4.74 Å². The second kappa shape index (κ2) is 5.34. The summed E-state index contributed by atoms with van der Waals surface area (Å²) in [5.41, 5.74) is 1.14. The molecule has 0 N–H and O–H groups in total. The van der Waals surface area contributed by atoms with Crippen LogP contribution >= 0.6 is 0 Å². The molecule has 96 valence electrons. The van der Waals surface area contributed by atoms with Gasteiger partial charge in [-0.15, -0.1) is 0 Å². The first-order valence-corrected chi connectivity index (χ1v) is 6.28. The first-order valence-electron chi connectivity index (χ1n) is 6.28. The second-order valence-corrected chi connectivity index (χ2v) is 4.97. The van der Waals surface area contributed by atoms with Crippen LogP contribution in [0.3, 0.4) is 0 Å². The van der Waals surface area contributed by atoms with E-state index in [2.05, 4.69) is 11.7 Å². The number of methoxy groups -OCH3 is 1. The lowest BCUT2D eigenvalue weighted by Crippen LogP contribution is -2.20. The first-order chi connectivity index (χ1) is 8.63. The van der Waals surface area contributed by atoms with E-state index in [1.165, 1.54) is 7.11 Å². The third-order valence-corrected chi connectivity index (χ3v) is 3.78. The van der Waals surface area contributed by atoms with Gasteiger partial charge in [0, 0.05) is 12.3 Å². The number of ketones is 1. The van der Waals surface area contributed by atoms with Crippen molar-refractivity contribution in [2.75, 3.05) is 7.11 Å². The molecule has 3 heteroatoms. The largest absolute Gasteiger partial charge is 0.469 e. The highest BCUT2D eigenvalue weighted by molar-refractivity contribution is 5.88. The van der Waals surface area contributed by atoms with Gasteiger partial charge in [0.1, 0.15) is 5.78 Å². The molecule has 0 spiro atoms. The molecule has 0 radical (unpaired) electrons. The van der Waals surface area contributed by atoms with E-state index in [0.29, 0.717) is 6.42 Å². The predicted molar refractivity (Wildman–Crippen MR) is 68.1 cm³/mol. The summed E-state index contributed by atoms with van der Waals surface area (Å²) in [7, 11) is 1.36. The minimum atomic E-state index is -0.302. The van der Waals surface area contributed by atoms with Crippen LogP contribution in [0.4, 0.5) is 0 Å². The second-order valence-electron chi connectivity index (χ2n) is 4.97.